The summed E-state index contributed by atoms with van der Waals surface area (Å²) in [6, 6.07) is 5.69. The number of ether oxygens (including phenoxy) is 1. The van der Waals surface area contributed by atoms with Crippen LogP contribution in [0.25, 0.3) is 0 Å². The molecule has 1 aromatic carbocycles. The normalized spacial score (nSPS) is 18.9. The number of aromatic nitrogens is 2. The number of benzene rings is 1. The predicted octanol–water partition coefficient (Wildman–Crippen LogP) is 3.63. The third-order valence-electron chi connectivity index (χ3n) is 4.93. The lowest BCUT2D eigenvalue weighted by atomic mass is 9.89. The molecule has 1 saturated heterocycles. The van der Waals surface area contributed by atoms with Gasteiger partial charge in [0.2, 0.25) is 0 Å². The van der Waals surface area contributed by atoms with Gasteiger partial charge >= 0.3 is 0 Å². The van der Waals surface area contributed by atoms with Crippen molar-refractivity contribution in [1.82, 2.24) is 15.1 Å². The minimum absolute atomic E-state index is 0.256. The Morgan fingerprint density at radius 1 is 1.42 bits per heavy atom. The molecule has 5 heteroatoms. The molecule has 1 fully saturated rings. The van der Waals surface area contributed by atoms with Gasteiger partial charge in [-0.25, -0.2) is 0 Å². The van der Waals surface area contributed by atoms with E-state index in [0.29, 0.717) is 17.6 Å². The topological polar surface area (TPSA) is 61.4 Å². The van der Waals surface area contributed by atoms with Gasteiger partial charge in [-0.3, -0.25) is 10.00 Å². The molecular weight excluding hydrogens is 302 g/mol. The van der Waals surface area contributed by atoms with Crippen molar-refractivity contribution >= 4 is 0 Å². The maximum Gasteiger partial charge on any atom is 0.162 e. The van der Waals surface area contributed by atoms with Crippen molar-refractivity contribution in [1.29, 1.82) is 0 Å². The van der Waals surface area contributed by atoms with E-state index in [1.54, 1.807) is 13.2 Å². The molecule has 0 amide bonds. The van der Waals surface area contributed by atoms with Crippen LogP contribution < -0.4 is 4.74 Å². The van der Waals surface area contributed by atoms with Gasteiger partial charge in [0.25, 0.3) is 0 Å². The molecule has 2 N–H and O–H groups in total. The first-order valence-corrected chi connectivity index (χ1v) is 8.70. The summed E-state index contributed by atoms with van der Waals surface area (Å²) >= 11 is 0. The molecule has 1 aliphatic rings. The first-order chi connectivity index (χ1) is 11.6. The molecule has 0 saturated carbocycles. The van der Waals surface area contributed by atoms with Crippen LogP contribution in [0.2, 0.25) is 0 Å². The van der Waals surface area contributed by atoms with Crippen molar-refractivity contribution in [3.8, 4) is 11.5 Å². The van der Waals surface area contributed by atoms with E-state index in [1.165, 1.54) is 17.7 Å². The van der Waals surface area contributed by atoms with Gasteiger partial charge in [0, 0.05) is 30.3 Å². The average Bonchev–Trinajstić information content (AvgIpc) is 3.07. The molecule has 5 nitrogen and oxygen atoms in total. The predicted molar refractivity (Wildman–Crippen MR) is 94.6 cm³/mol. The monoisotopic (exact) mass is 329 g/mol. The molecule has 1 aliphatic heterocycles. The highest BCUT2D eigenvalue weighted by molar-refractivity contribution is 5.45. The highest BCUT2D eigenvalue weighted by atomic mass is 16.5. The number of piperidine rings is 1. The van der Waals surface area contributed by atoms with Gasteiger partial charge in [0.05, 0.1) is 13.3 Å². The first-order valence-electron chi connectivity index (χ1n) is 8.70. The van der Waals surface area contributed by atoms with Gasteiger partial charge < -0.3 is 9.84 Å². The number of para-hydroxylation sites is 1. The summed E-state index contributed by atoms with van der Waals surface area (Å²) in [6.45, 7) is 7.20. The zero-order valence-electron chi connectivity index (χ0n) is 14.7. The lowest BCUT2D eigenvalue weighted by Gasteiger charge is -2.33. The second-order valence-electron chi connectivity index (χ2n) is 6.94. The summed E-state index contributed by atoms with van der Waals surface area (Å²) in [5, 5.41) is 17.8. The number of H-pyrrole nitrogens is 1. The number of rotatable bonds is 5. The van der Waals surface area contributed by atoms with E-state index in [2.05, 4.69) is 28.9 Å². The van der Waals surface area contributed by atoms with Crippen LogP contribution in [0.1, 0.15) is 55.3 Å². The largest absolute Gasteiger partial charge is 0.504 e. The van der Waals surface area contributed by atoms with E-state index in [4.69, 9.17) is 4.74 Å². The smallest absolute Gasteiger partial charge is 0.162 e. The molecule has 130 valence electrons. The van der Waals surface area contributed by atoms with Crippen molar-refractivity contribution in [3.63, 3.8) is 0 Å². The number of nitrogens with zero attached hydrogens (tertiary/aromatic N) is 2. The average molecular weight is 329 g/mol. The molecule has 0 aliphatic carbocycles. The number of hydrogen-bond acceptors (Lipinski definition) is 4. The second kappa shape index (κ2) is 7.26. The molecule has 2 aromatic rings. The van der Waals surface area contributed by atoms with Crippen LogP contribution >= 0.6 is 0 Å². The molecule has 24 heavy (non-hydrogen) atoms. The van der Waals surface area contributed by atoms with Gasteiger partial charge in [-0.1, -0.05) is 26.0 Å². The summed E-state index contributed by atoms with van der Waals surface area (Å²) in [4.78, 5) is 2.41. The molecule has 0 radical (unpaired) electrons. The standard InChI is InChI=1S/C19H27N3O2/c1-13(2)16-10-20-21-18(16)14-7-5-9-22(11-14)12-15-6-4-8-17(24-3)19(15)23/h4,6,8,10,13-14,23H,5,7,9,11-12H2,1-3H3,(H,20,21). The molecule has 3 rings (SSSR count). The number of likely N-dealkylation sites (tertiary alicyclic amines) is 1. The van der Waals surface area contributed by atoms with Gasteiger partial charge in [-0.15, -0.1) is 0 Å². The summed E-state index contributed by atoms with van der Waals surface area (Å²) in [5.41, 5.74) is 3.53. The van der Waals surface area contributed by atoms with Crippen molar-refractivity contribution in [2.75, 3.05) is 20.2 Å². The van der Waals surface area contributed by atoms with E-state index < -0.39 is 0 Å². The number of methoxy groups -OCH3 is 1. The van der Waals surface area contributed by atoms with Gasteiger partial charge in [-0.05, 0) is 36.9 Å². The van der Waals surface area contributed by atoms with Gasteiger partial charge in [0.1, 0.15) is 0 Å². The van der Waals surface area contributed by atoms with Gasteiger partial charge in [-0.2, -0.15) is 5.10 Å². The number of aromatic amines is 1. The van der Waals surface area contributed by atoms with Crippen LogP contribution in [-0.4, -0.2) is 40.4 Å². The van der Waals surface area contributed by atoms with Crippen molar-refractivity contribution in [2.24, 2.45) is 0 Å². The van der Waals surface area contributed by atoms with Crippen molar-refractivity contribution in [3.05, 3.63) is 41.2 Å². The lowest BCUT2D eigenvalue weighted by molar-refractivity contribution is 0.195. The van der Waals surface area contributed by atoms with Crippen LogP contribution in [0.3, 0.4) is 0 Å². The quantitative estimate of drug-likeness (QED) is 0.879. The number of nitrogens with one attached hydrogen (secondary N) is 1. The lowest BCUT2D eigenvalue weighted by Crippen LogP contribution is -2.34. The summed E-state index contributed by atoms with van der Waals surface area (Å²) in [5.74, 6) is 1.76. The van der Waals surface area contributed by atoms with E-state index in [1.807, 2.05) is 18.3 Å². The summed E-state index contributed by atoms with van der Waals surface area (Å²) in [7, 11) is 1.58. The Balaban J connectivity index is 1.73. The summed E-state index contributed by atoms with van der Waals surface area (Å²) < 4.78 is 5.22. The van der Waals surface area contributed by atoms with Gasteiger partial charge in [0.15, 0.2) is 11.5 Å². The zero-order chi connectivity index (χ0) is 17.1. The number of hydrogen-bond donors (Lipinski definition) is 2. The third-order valence-corrected chi connectivity index (χ3v) is 4.93. The van der Waals surface area contributed by atoms with Crippen LogP contribution in [0.4, 0.5) is 0 Å². The Bertz CT molecular complexity index is 681. The van der Waals surface area contributed by atoms with E-state index in [-0.39, 0.29) is 5.75 Å². The molecule has 1 atom stereocenters. The molecular formula is C19H27N3O2. The molecule has 2 heterocycles. The minimum atomic E-state index is 0.256. The highest BCUT2D eigenvalue weighted by Crippen LogP contribution is 2.34. The fourth-order valence-corrected chi connectivity index (χ4v) is 3.63. The van der Waals surface area contributed by atoms with Crippen LogP contribution in [0.15, 0.2) is 24.4 Å². The molecule has 1 aromatic heterocycles. The number of aromatic hydroxyl groups is 1. The highest BCUT2D eigenvalue weighted by Gasteiger charge is 2.26. The molecule has 1 unspecified atom stereocenters. The maximum atomic E-state index is 10.3. The summed E-state index contributed by atoms with van der Waals surface area (Å²) in [6.07, 6.45) is 4.31. The minimum Gasteiger partial charge on any atom is -0.504 e. The Morgan fingerprint density at radius 3 is 3.00 bits per heavy atom. The number of phenolic OH excluding ortho intramolecular Hbond substituents is 1. The first kappa shape index (κ1) is 16.8. The Morgan fingerprint density at radius 2 is 2.25 bits per heavy atom. The number of phenols is 1. The maximum absolute atomic E-state index is 10.3. The van der Waals surface area contributed by atoms with Crippen molar-refractivity contribution in [2.45, 2.75) is 45.1 Å². The zero-order valence-corrected chi connectivity index (χ0v) is 14.7. The Labute approximate surface area is 143 Å². The van der Waals surface area contributed by atoms with E-state index in [9.17, 15) is 5.11 Å². The van der Waals surface area contributed by atoms with Crippen LogP contribution in [0.5, 0.6) is 11.5 Å². The van der Waals surface area contributed by atoms with Crippen LogP contribution in [0, 0.1) is 0 Å². The Kier molecular flexibility index (Phi) is 5.09. The van der Waals surface area contributed by atoms with Crippen LogP contribution in [-0.2, 0) is 6.54 Å². The Hall–Kier alpha value is -2.01. The van der Waals surface area contributed by atoms with E-state index >= 15 is 0 Å². The molecule has 0 spiro atoms. The fourth-order valence-electron chi connectivity index (χ4n) is 3.63. The second-order valence-corrected chi connectivity index (χ2v) is 6.94. The SMILES string of the molecule is COc1cccc(CN2CCCC(c3[nH]ncc3C(C)C)C2)c1O. The fraction of sp³-hybridized carbons (Fsp3) is 0.526. The van der Waals surface area contributed by atoms with E-state index in [0.717, 1.165) is 31.6 Å². The third kappa shape index (κ3) is 3.41. The van der Waals surface area contributed by atoms with Crippen molar-refractivity contribution < 1.29 is 9.84 Å². The molecule has 0 bridgehead atoms.